The molecule has 0 saturated carbocycles. The summed E-state index contributed by atoms with van der Waals surface area (Å²) in [5.41, 5.74) is 3.32. The van der Waals surface area contributed by atoms with Crippen molar-refractivity contribution in [3.63, 3.8) is 0 Å². The lowest BCUT2D eigenvalue weighted by molar-refractivity contribution is 0.0905. The summed E-state index contributed by atoms with van der Waals surface area (Å²) in [7, 11) is 0. The van der Waals surface area contributed by atoms with Gasteiger partial charge in [-0.2, -0.15) is 0 Å². The lowest BCUT2D eigenvalue weighted by atomic mass is 9.77. The molecule has 0 bridgehead atoms. The van der Waals surface area contributed by atoms with Crippen molar-refractivity contribution < 1.29 is 9.53 Å². The number of carbonyl (C=O) groups is 1. The summed E-state index contributed by atoms with van der Waals surface area (Å²) in [6.07, 6.45) is 0. The zero-order chi connectivity index (χ0) is 18.0. The first kappa shape index (κ1) is 18.0. The Bertz CT molecular complexity index is 779. The van der Waals surface area contributed by atoms with Crippen LogP contribution in [-0.2, 0) is 10.2 Å². The van der Waals surface area contributed by atoms with Gasteiger partial charge in [-0.1, -0.05) is 24.3 Å². The molecule has 0 aromatic heterocycles. The quantitative estimate of drug-likeness (QED) is 0.656. The zero-order valence-electron chi connectivity index (χ0n) is 15.1. The summed E-state index contributed by atoms with van der Waals surface area (Å²) >= 11 is 4.53. The summed E-state index contributed by atoms with van der Waals surface area (Å²) in [4.78, 5) is 16.4. The van der Waals surface area contributed by atoms with E-state index in [1.165, 1.54) is 0 Å². The number of anilines is 1. The van der Waals surface area contributed by atoms with Gasteiger partial charge in [-0.15, -0.1) is 12.6 Å². The predicted molar refractivity (Wildman–Crippen MR) is 105 cm³/mol. The van der Waals surface area contributed by atoms with Gasteiger partial charge in [0.25, 0.3) is 0 Å². The van der Waals surface area contributed by atoms with Crippen molar-refractivity contribution in [2.45, 2.75) is 31.1 Å². The van der Waals surface area contributed by atoms with E-state index in [1.54, 1.807) is 0 Å². The van der Waals surface area contributed by atoms with E-state index in [9.17, 15) is 4.79 Å². The number of hydrogen-bond donors (Lipinski definition) is 1. The first-order chi connectivity index (χ1) is 11.9. The maximum absolute atomic E-state index is 13.3. The molecular formula is C21H25NO2S. The normalized spacial score (nSPS) is 15.3. The molecule has 0 radical (unpaired) electrons. The van der Waals surface area contributed by atoms with Gasteiger partial charge in [-0.3, -0.25) is 4.79 Å². The number of thiol groups is 1. The maximum atomic E-state index is 13.3. The van der Waals surface area contributed by atoms with Gasteiger partial charge >= 0.3 is 0 Å². The molecule has 2 aromatic carbocycles. The Morgan fingerprint density at radius 2 is 1.80 bits per heavy atom. The molecule has 4 heteroatoms. The Morgan fingerprint density at radius 3 is 2.48 bits per heavy atom. The third-order valence-corrected chi connectivity index (χ3v) is 5.26. The Morgan fingerprint density at radius 1 is 1.12 bits per heavy atom. The van der Waals surface area contributed by atoms with Gasteiger partial charge in [0.1, 0.15) is 0 Å². The summed E-state index contributed by atoms with van der Waals surface area (Å²) in [5.74, 6) is 0.0956. The minimum atomic E-state index is -0.637. The van der Waals surface area contributed by atoms with Crippen LogP contribution in [0.25, 0.3) is 0 Å². The molecule has 3 rings (SSSR count). The summed E-state index contributed by atoms with van der Waals surface area (Å²) in [5, 5.41) is 0. The molecule has 1 heterocycles. The molecule has 2 aromatic rings. The Balaban J connectivity index is 2.00. The van der Waals surface area contributed by atoms with E-state index < -0.39 is 5.41 Å². The molecule has 3 nitrogen and oxygen atoms in total. The number of ketones is 1. The molecule has 1 saturated heterocycles. The van der Waals surface area contributed by atoms with Crippen LogP contribution in [-0.4, -0.2) is 32.1 Å². The van der Waals surface area contributed by atoms with E-state index in [-0.39, 0.29) is 5.78 Å². The van der Waals surface area contributed by atoms with Gasteiger partial charge in [0.05, 0.1) is 18.6 Å². The number of nitrogens with zero attached hydrogens (tertiary/aromatic N) is 1. The second kappa shape index (κ2) is 7.22. The Kier molecular flexibility index (Phi) is 5.21. The smallest absolute Gasteiger partial charge is 0.174 e. The van der Waals surface area contributed by atoms with E-state index in [2.05, 4.69) is 29.7 Å². The Hall–Kier alpha value is -1.78. The molecule has 0 amide bonds. The molecule has 0 spiro atoms. The maximum Gasteiger partial charge on any atom is 0.174 e. The van der Waals surface area contributed by atoms with Crippen molar-refractivity contribution >= 4 is 24.1 Å². The molecule has 0 aliphatic carbocycles. The molecule has 0 atom stereocenters. The Labute approximate surface area is 155 Å². The van der Waals surface area contributed by atoms with Crippen LogP contribution in [0.5, 0.6) is 0 Å². The number of Topliss-reactive ketones (excluding diaryl/α,β-unsaturated/α-hetero) is 1. The number of rotatable bonds is 4. The topological polar surface area (TPSA) is 29.5 Å². The molecular weight excluding hydrogens is 330 g/mol. The van der Waals surface area contributed by atoms with Crippen LogP contribution in [0.3, 0.4) is 0 Å². The molecule has 1 aliphatic heterocycles. The van der Waals surface area contributed by atoms with E-state index in [4.69, 9.17) is 4.74 Å². The van der Waals surface area contributed by atoms with Crippen molar-refractivity contribution in [2.24, 2.45) is 0 Å². The van der Waals surface area contributed by atoms with Crippen molar-refractivity contribution in [3.05, 3.63) is 59.2 Å². The number of benzene rings is 2. The molecule has 132 valence electrons. The van der Waals surface area contributed by atoms with Gasteiger partial charge in [-0.05, 0) is 50.1 Å². The summed E-state index contributed by atoms with van der Waals surface area (Å²) in [6, 6.07) is 14.0. The van der Waals surface area contributed by atoms with Gasteiger partial charge in [0.15, 0.2) is 5.78 Å². The number of carbonyl (C=O) groups excluding carboxylic acids is 1. The number of ether oxygens (including phenoxy) is 1. The first-order valence-electron chi connectivity index (χ1n) is 8.68. The monoisotopic (exact) mass is 355 g/mol. The second-order valence-electron chi connectivity index (χ2n) is 7.09. The third-order valence-electron chi connectivity index (χ3n) is 4.89. The van der Waals surface area contributed by atoms with Crippen molar-refractivity contribution in [1.29, 1.82) is 0 Å². The van der Waals surface area contributed by atoms with Crippen LogP contribution in [0.15, 0.2) is 47.4 Å². The zero-order valence-corrected chi connectivity index (χ0v) is 16.0. The average Bonchev–Trinajstić information content (AvgIpc) is 2.62. The molecule has 1 aliphatic rings. The van der Waals surface area contributed by atoms with Crippen LogP contribution in [0, 0.1) is 6.92 Å². The fourth-order valence-electron chi connectivity index (χ4n) is 3.37. The van der Waals surface area contributed by atoms with Crippen LogP contribution in [0.1, 0.15) is 35.3 Å². The number of aryl methyl sites for hydroxylation is 1. The molecule has 0 N–H and O–H groups in total. The highest BCUT2D eigenvalue weighted by Gasteiger charge is 2.34. The lowest BCUT2D eigenvalue weighted by Gasteiger charge is -2.35. The second-order valence-corrected chi connectivity index (χ2v) is 7.57. The number of morpholine rings is 1. The predicted octanol–water partition coefficient (Wildman–Crippen LogP) is 4.28. The average molecular weight is 356 g/mol. The van der Waals surface area contributed by atoms with Gasteiger partial charge in [0, 0.05) is 29.2 Å². The minimum absolute atomic E-state index is 0.0956. The molecule has 0 unspecified atom stereocenters. The van der Waals surface area contributed by atoms with Crippen molar-refractivity contribution in [2.75, 3.05) is 31.2 Å². The number of para-hydroxylation sites is 1. The number of hydrogen-bond acceptors (Lipinski definition) is 4. The standard InChI is InChI=1S/C21H25NO2S/c1-15-8-9-16(19(25)14-15)20(23)21(2,3)17-6-4-5-7-18(17)22-10-12-24-13-11-22/h4-9,14,25H,10-13H2,1-3H3. The molecule has 25 heavy (non-hydrogen) atoms. The van der Waals surface area contributed by atoms with E-state index >= 15 is 0 Å². The fourth-order valence-corrected chi connectivity index (χ4v) is 3.75. The highest BCUT2D eigenvalue weighted by Crippen LogP contribution is 2.36. The van der Waals surface area contributed by atoms with Crippen molar-refractivity contribution in [1.82, 2.24) is 0 Å². The van der Waals surface area contributed by atoms with Crippen LogP contribution in [0.4, 0.5) is 5.69 Å². The third kappa shape index (κ3) is 3.60. The van der Waals surface area contributed by atoms with Crippen LogP contribution >= 0.6 is 12.6 Å². The van der Waals surface area contributed by atoms with E-state index in [0.717, 1.165) is 48.0 Å². The van der Waals surface area contributed by atoms with Gasteiger partial charge in [0.2, 0.25) is 0 Å². The van der Waals surface area contributed by atoms with E-state index in [0.29, 0.717) is 5.56 Å². The SMILES string of the molecule is Cc1ccc(C(=O)C(C)(C)c2ccccc2N2CCOCC2)c(S)c1. The van der Waals surface area contributed by atoms with Gasteiger partial charge < -0.3 is 9.64 Å². The summed E-state index contributed by atoms with van der Waals surface area (Å²) in [6.45, 7) is 9.16. The van der Waals surface area contributed by atoms with Crippen molar-refractivity contribution in [3.8, 4) is 0 Å². The lowest BCUT2D eigenvalue weighted by Crippen LogP contribution is -2.39. The summed E-state index contributed by atoms with van der Waals surface area (Å²) < 4.78 is 5.47. The largest absolute Gasteiger partial charge is 0.378 e. The highest BCUT2D eigenvalue weighted by molar-refractivity contribution is 7.80. The van der Waals surface area contributed by atoms with Crippen LogP contribution < -0.4 is 4.90 Å². The van der Waals surface area contributed by atoms with Crippen LogP contribution in [0.2, 0.25) is 0 Å². The fraction of sp³-hybridized carbons (Fsp3) is 0.381. The molecule has 1 fully saturated rings. The first-order valence-corrected chi connectivity index (χ1v) is 9.12. The minimum Gasteiger partial charge on any atom is -0.378 e. The van der Waals surface area contributed by atoms with Gasteiger partial charge in [-0.25, -0.2) is 0 Å². The highest BCUT2D eigenvalue weighted by atomic mass is 32.1. The van der Waals surface area contributed by atoms with E-state index in [1.807, 2.05) is 51.1 Å².